The van der Waals surface area contributed by atoms with Gasteiger partial charge in [0.1, 0.15) is 6.04 Å². The summed E-state index contributed by atoms with van der Waals surface area (Å²) in [6.07, 6.45) is 2.65. The normalized spacial score (nSPS) is 12.7. The molecule has 10 nitrogen and oxygen atoms in total. The maximum atomic E-state index is 12.2. The van der Waals surface area contributed by atoms with Crippen LogP contribution < -0.4 is 4.72 Å². The van der Waals surface area contributed by atoms with Crippen molar-refractivity contribution in [1.29, 1.82) is 0 Å². The summed E-state index contributed by atoms with van der Waals surface area (Å²) in [5.74, 6) is -1.36. The highest BCUT2D eigenvalue weighted by molar-refractivity contribution is 7.89. The Morgan fingerprint density at radius 3 is 2.52 bits per heavy atom. The average Bonchev–Trinajstić information content (AvgIpc) is 2.99. The predicted octanol–water partition coefficient (Wildman–Crippen LogP) is 0.292. The number of carbonyl (C=O) groups is 1. The monoisotopic (exact) mass is 340 g/mol. The van der Waals surface area contributed by atoms with Crippen LogP contribution in [0.4, 0.5) is 5.69 Å². The predicted molar refractivity (Wildman–Crippen MR) is 77.1 cm³/mol. The van der Waals surface area contributed by atoms with Crippen molar-refractivity contribution in [3.8, 4) is 0 Å². The smallest absolute Gasteiger partial charge is 0.322 e. The number of rotatable bonds is 7. The topological polar surface area (TPSA) is 155 Å². The van der Waals surface area contributed by atoms with E-state index >= 15 is 0 Å². The number of sulfonamides is 1. The first kappa shape index (κ1) is 16.6. The molecule has 1 heterocycles. The van der Waals surface area contributed by atoms with Crippen LogP contribution in [-0.4, -0.2) is 40.4 Å². The molecule has 3 N–H and O–H groups in total. The number of nitrogens with zero attached hydrogens (tertiary/aromatic N) is 2. The maximum Gasteiger partial charge on any atom is 0.322 e. The number of imidazole rings is 1. The minimum absolute atomic E-state index is 0.148. The summed E-state index contributed by atoms with van der Waals surface area (Å²) in [6, 6.07) is 2.70. The first-order valence-corrected chi connectivity index (χ1v) is 7.75. The lowest BCUT2D eigenvalue weighted by Crippen LogP contribution is -2.42. The second kappa shape index (κ2) is 6.54. The third kappa shape index (κ3) is 4.11. The van der Waals surface area contributed by atoms with Gasteiger partial charge in [-0.1, -0.05) is 0 Å². The number of aromatic amines is 1. The molecule has 0 spiro atoms. The lowest BCUT2D eigenvalue weighted by molar-refractivity contribution is -0.384. The fourth-order valence-corrected chi connectivity index (χ4v) is 2.98. The van der Waals surface area contributed by atoms with E-state index in [1.54, 1.807) is 0 Å². The Kier molecular flexibility index (Phi) is 4.71. The quantitative estimate of drug-likeness (QED) is 0.483. The molecule has 1 atom stereocenters. The van der Waals surface area contributed by atoms with Crippen LogP contribution >= 0.6 is 0 Å². The van der Waals surface area contributed by atoms with Crippen LogP contribution in [0.3, 0.4) is 0 Å². The first-order chi connectivity index (χ1) is 10.8. The lowest BCUT2D eigenvalue weighted by atomic mass is 10.2. The summed E-state index contributed by atoms with van der Waals surface area (Å²) in [4.78, 5) is 27.3. The van der Waals surface area contributed by atoms with E-state index in [0.717, 1.165) is 24.3 Å². The van der Waals surface area contributed by atoms with Gasteiger partial charge in [0.15, 0.2) is 0 Å². The average molecular weight is 340 g/mol. The highest BCUT2D eigenvalue weighted by Crippen LogP contribution is 2.16. The molecule has 2 aromatic rings. The van der Waals surface area contributed by atoms with Gasteiger partial charge in [-0.25, -0.2) is 13.4 Å². The third-order valence-electron chi connectivity index (χ3n) is 2.92. The van der Waals surface area contributed by atoms with E-state index in [2.05, 4.69) is 9.97 Å². The van der Waals surface area contributed by atoms with Crippen molar-refractivity contribution in [1.82, 2.24) is 14.7 Å². The molecule has 0 aliphatic heterocycles. The molecule has 1 unspecified atom stereocenters. The first-order valence-electron chi connectivity index (χ1n) is 6.27. The summed E-state index contributed by atoms with van der Waals surface area (Å²) in [6.45, 7) is 0. The lowest BCUT2D eigenvalue weighted by Gasteiger charge is -2.13. The van der Waals surface area contributed by atoms with Gasteiger partial charge in [-0.15, -0.1) is 0 Å². The van der Waals surface area contributed by atoms with Crippen LogP contribution in [0.1, 0.15) is 5.69 Å². The molecule has 122 valence electrons. The number of nitro benzene ring substituents is 1. The van der Waals surface area contributed by atoms with E-state index in [1.165, 1.54) is 12.5 Å². The number of nitro groups is 1. The Labute approximate surface area is 130 Å². The van der Waals surface area contributed by atoms with Crippen molar-refractivity contribution in [2.45, 2.75) is 17.4 Å². The zero-order chi connectivity index (χ0) is 17.0. The highest BCUT2D eigenvalue weighted by atomic mass is 32.2. The number of H-pyrrole nitrogens is 1. The number of aliphatic carboxylic acids is 1. The summed E-state index contributed by atoms with van der Waals surface area (Å²) in [5.41, 5.74) is 0.110. The Bertz CT molecular complexity index is 801. The molecule has 23 heavy (non-hydrogen) atoms. The molecular weight excluding hydrogens is 328 g/mol. The molecule has 0 aliphatic carbocycles. The molecule has 0 saturated carbocycles. The third-order valence-corrected chi connectivity index (χ3v) is 4.41. The van der Waals surface area contributed by atoms with Crippen LogP contribution in [0.2, 0.25) is 0 Å². The molecule has 0 aliphatic rings. The Morgan fingerprint density at radius 1 is 1.39 bits per heavy atom. The molecule has 0 fully saturated rings. The van der Waals surface area contributed by atoms with Gasteiger partial charge < -0.3 is 10.1 Å². The van der Waals surface area contributed by atoms with Gasteiger partial charge in [-0.2, -0.15) is 4.72 Å². The van der Waals surface area contributed by atoms with Crippen LogP contribution in [-0.2, 0) is 21.2 Å². The molecule has 1 aromatic heterocycles. The van der Waals surface area contributed by atoms with Gasteiger partial charge in [0.05, 0.1) is 21.8 Å². The highest BCUT2D eigenvalue weighted by Gasteiger charge is 2.26. The largest absolute Gasteiger partial charge is 0.480 e. The molecular formula is C12H12N4O6S. The van der Waals surface area contributed by atoms with Crippen LogP contribution in [0.25, 0.3) is 0 Å². The van der Waals surface area contributed by atoms with E-state index < -0.39 is 27.0 Å². The number of carboxylic acid groups (broad SMARTS) is 1. The van der Waals surface area contributed by atoms with E-state index in [0.29, 0.717) is 5.69 Å². The van der Waals surface area contributed by atoms with E-state index in [4.69, 9.17) is 5.11 Å². The minimum atomic E-state index is -4.14. The van der Waals surface area contributed by atoms with Gasteiger partial charge in [-0.05, 0) is 12.1 Å². The summed E-state index contributed by atoms with van der Waals surface area (Å²) >= 11 is 0. The van der Waals surface area contributed by atoms with Gasteiger partial charge in [0.25, 0.3) is 5.69 Å². The fourth-order valence-electron chi connectivity index (χ4n) is 1.79. The number of hydrogen-bond acceptors (Lipinski definition) is 6. The van der Waals surface area contributed by atoms with Crippen LogP contribution in [0.15, 0.2) is 41.7 Å². The second-order valence-corrected chi connectivity index (χ2v) is 6.24. The van der Waals surface area contributed by atoms with Crippen LogP contribution in [0, 0.1) is 10.1 Å². The molecule has 11 heteroatoms. The van der Waals surface area contributed by atoms with Crippen molar-refractivity contribution in [2.75, 3.05) is 0 Å². The van der Waals surface area contributed by atoms with Crippen molar-refractivity contribution in [3.63, 3.8) is 0 Å². The van der Waals surface area contributed by atoms with Gasteiger partial charge >= 0.3 is 5.97 Å². The van der Waals surface area contributed by atoms with E-state index in [9.17, 15) is 23.3 Å². The summed E-state index contributed by atoms with van der Waals surface area (Å²) in [5, 5.41) is 19.7. The Hall–Kier alpha value is -2.79. The second-order valence-electron chi connectivity index (χ2n) is 4.53. The number of benzene rings is 1. The molecule has 1 aromatic carbocycles. The van der Waals surface area contributed by atoms with Gasteiger partial charge in [0, 0.05) is 24.8 Å². The number of hydrogen-bond donors (Lipinski definition) is 3. The molecule has 0 amide bonds. The summed E-state index contributed by atoms with van der Waals surface area (Å²) in [7, 11) is -4.14. The minimum Gasteiger partial charge on any atom is -0.480 e. The van der Waals surface area contributed by atoms with E-state index in [1.807, 2.05) is 4.72 Å². The summed E-state index contributed by atoms with van der Waals surface area (Å²) < 4.78 is 26.4. The number of non-ortho nitro benzene ring substituents is 1. The number of aromatic nitrogens is 2. The fraction of sp³-hybridized carbons (Fsp3) is 0.167. The SMILES string of the molecule is O=C(O)C(Cc1c[nH]cn1)NS(=O)(=O)c1ccc([N+](=O)[O-])cc1. The molecule has 0 bridgehead atoms. The van der Waals surface area contributed by atoms with E-state index in [-0.39, 0.29) is 17.0 Å². The zero-order valence-corrected chi connectivity index (χ0v) is 12.4. The van der Waals surface area contributed by atoms with Gasteiger partial charge in [-0.3, -0.25) is 14.9 Å². The van der Waals surface area contributed by atoms with Crippen molar-refractivity contribution >= 4 is 21.7 Å². The zero-order valence-electron chi connectivity index (χ0n) is 11.5. The van der Waals surface area contributed by atoms with Crippen LogP contribution in [0.5, 0.6) is 0 Å². The molecule has 0 saturated heterocycles. The Morgan fingerprint density at radius 2 is 2.04 bits per heavy atom. The Balaban J connectivity index is 2.20. The molecule has 2 rings (SSSR count). The standard InChI is InChI=1S/C12H12N4O6S/c17-12(18)11(5-8-6-13-7-14-8)15-23(21,22)10-3-1-9(2-4-10)16(19)20/h1-4,6-7,11,15H,5H2,(H,13,14)(H,17,18). The van der Waals surface area contributed by atoms with Crippen molar-refractivity contribution in [3.05, 3.63) is 52.6 Å². The molecule has 0 radical (unpaired) electrons. The maximum absolute atomic E-state index is 12.2. The van der Waals surface area contributed by atoms with Crippen molar-refractivity contribution < 1.29 is 23.2 Å². The number of carboxylic acids is 1. The number of nitrogens with one attached hydrogen (secondary N) is 2. The van der Waals surface area contributed by atoms with Gasteiger partial charge in [0.2, 0.25) is 10.0 Å². The van der Waals surface area contributed by atoms with Crippen molar-refractivity contribution in [2.24, 2.45) is 0 Å².